The standard InChI is InChI=1S/C16H18N4O3/c1-2-3-6-17-15-8-12(18-9-19-15)16(21)20-11-4-5-13-14(7-11)23-10-22-13/h4-5,7-9H,2-3,6,10H2,1H3,(H,20,21)(H,17,18,19). The summed E-state index contributed by atoms with van der Waals surface area (Å²) in [4.78, 5) is 20.4. The number of benzene rings is 1. The summed E-state index contributed by atoms with van der Waals surface area (Å²) in [6.07, 6.45) is 3.51. The quantitative estimate of drug-likeness (QED) is 0.797. The zero-order valence-corrected chi connectivity index (χ0v) is 12.8. The molecule has 1 aliphatic heterocycles. The molecule has 1 aromatic carbocycles. The van der Waals surface area contributed by atoms with Crippen LogP contribution >= 0.6 is 0 Å². The fourth-order valence-electron chi connectivity index (χ4n) is 2.14. The van der Waals surface area contributed by atoms with Crippen molar-refractivity contribution in [1.29, 1.82) is 0 Å². The number of fused-ring (bicyclic) bond motifs is 1. The predicted octanol–water partition coefficient (Wildman–Crippen LogP) is 2.67. The average molecular weight is 314 g/mol. The normalized spacial score (nSPS) is 12.0. The smallest absolute Gasteiger partial charge is 0.274 e. The summed E-state index contributed by atoms with van der Waals surface area (Å²) in [6, 6.07) is 6.88. The highest BCUT2D eigenvalue weighted by Crippen LogP contribution is 2.34. The van der Waals surface area contributed by atoms with Gasteiger partial charge in [0.25, 0.3) is 5.91 Å². The molecule has 0 radical (unpaired) electrons. The molecule has 23 heavy (non-hydrogen) atoms. The highest BCUT2D eigenvalue weighted by Gasteiger charge is 2.15. The number of nitrogens with zero attached hydrogens (tertiary/aromatic N) is 2. The molecule has 0 saturated carbocycles. The Hall–Kier alpha value is -2.83. The van der Waals surface area contributed by atoms with Crippen LogP contribution in [0, 0.1) is 0 Å². The molecule has 2 aromatic rings. The van der Waals surface area contributed by atoms with Crippen molar-refractivity contribution in [1.82, 2.24) is 9.97 Å². The molecule has 7 nitrogen and oxygen atoms in total. The first-order valence-corrected chi connectivity index (χ1v) is 7.53. The number of aromatic nitrogens is 2. The van der Waals surface area contributed by atoms with Gasteiger partial charge in [0.1, 0.15) is 17.8 Å². The molecule has 2 heterocycles. The minimum Gasteiger partial charge on any atom is -0.454 e. The minimum absolute atomic E-state index is 0.200. The van der Waals surface area contributed by atoms with Crippen LogP contribution < -0.4 is 20.1 Å². The molecule has 0 fully saturated rings. The SMILES string of the molecule is CCCCNc1cc(C(=O)Nc2ccc3c(c2)OCO3)ncn1. The van der Waals surface area contributed by atoms with Crippen LogP contribution in [0.5, 0.6) is 11.5 Å². The van der Waals surface area contributed by atoms with Crippen LogP contribution in [0.25, 0.3) is 0 Å². The van der Waals surface area contributed by atoms with Gasteiger partial charge >= 0.3 is 0 Å². The van der Waals surface area contributed by atoms with Crippen LogP contribution in [-0.4, -0.2) is 29.2 Å². The van der Waals surface area contributed by atoms with Crippen LogP contribution in [0.2, 0.25) is 0 Å². The lowest BCUT2D eigenvalue weighted by Crippen LogP contribution is -2.14. The minimum atomic E-state index is -0.301. The van der Waals surface area contributed by atoms with E-state index in [1.165, 1.54) is 6.33 Å². The summed E-state index contributed by atoms with van der Waals surface area (Å²) in [5.41, 5.74) is 0.926. The first-order valence-electron chi connectivity index (χ1n) is 7.53. The van der Waals surface area contributed by atoms with Gasteiger partial charge in [0, 0.05) is 24.4 Å². The Kier molecular flexibility index (Phi) is 4.56. The monoisotopic (exact) mass is 314 g/mol. The number of ether oxygens (including phenoxy) is 2. The Morgan fingerprint density at radius 1 is 1.22 bits per heavy atom. The fourth-order valence-corrected chi connectivity index (χ4v) is 2.14. The zero-order chi connectivity index (χ0) is 16.1. The van der Waals surface area contributed by atoms with Crippen molar-refractivity contribution < 1.29 is 14.3 Å². The summed E-state index contributed by atoms with van der Waals surface area (Å²) in [5, 5.41) is 5.96. The maximum absolute atomic E-state index is 12.3. The van der Waals surface area contributed by atoms with Crippen LogP contribution in [0.15, 0.2) is 30.6 Å². The van der Waals surface area contributed by atoms with Crippen molar-refractivity contribution in [2.75, 3.05) is 24.0 Å². The van der Waals surface area contributed by atoms with E-state index in [0.29, 0.717) is 28.7 Å². The van der Waals surface area contributed by atoms with E-state index in [1.807, 2.05) is 0 Å². The van der Waals surface area contributed by atoms with Gasteiger partial charge < -0.3 is 20.1 Å². The number of nitrogens with one attached hydrogen (secondary N) is 2. The number of hydrogen-bond acceptors (Lipinski definition) is 6. The van der Waals surface area contributed by atoms with Gasteiger partial charge in [0.15, 0.2) is 11.5 Å². The van der Waals surface area contributed by atoms with E-state index in [9.17, 15) is 4.79 Å². The largest absolute Gasteiger partial charge is 0.454 e. The van der Waals surface area contributed by atoms with Crippen molar-refractivity contribution in [3.05, 3.63) is 36.3 Å². The van der Waals surface area contributed by atoms with Gasteiger partial charge in [-0.1, -0.05) is 13.3 Å². The molecule has 0 atom stereocenters. The highest BCUT2D eigenvalue weighted by atomic mass is 16.7. The number of hydrogen-bond donors (Lipinski definition) is 2. The first kappa shape index (κ1) is 15.1. The van der Waals surface area contributed by atoms with Crippen LogP contribution in [-0.2, 0) is 0 Å². The van der Waals surface area contributed by atoms with Gasteiger partial charge in [-0.25, -0.2) is 9.97 Å². The number of carbonyl (C=O) groups is 1. The number of unbranched alkanes of at least 4 members (excludes halogenated alkanes) is 1. The van der Waals surface area contributed by atoms with E-state index in [0.717, 1.165) is 19.4 Å². The lowest BCUT2D eigenvalue weighted by atomic mass is 10.2. The lowest BCUT2D eigenvalue weighted by molar-refractivity contribution is 0.102. The molecule has 0 spiro atoms. The second kappa shape index (κ2) is 6.95. The summed E-state index contributed by atoms with van der Waals surface area (Å²) in [5.74, 6) is 1.63. The Morgan fingerprint density at radius 2 is 2.09 bits per heavy atom. The topological polar surface area (TPSA) is 85.4 Å². The Balaban J connectivity index is 1.67. The molecule has 1 aromatic heterocycles. The van der Waals surface area contributed by atoms with Gasteiger partial charge in [-0.2, -0.15) is 0 Å². The second-order valence-corrected chi connectivity index (χ2v) is 5.09. The molecule has 0 saturated heterocycles. The van der Waals surface area contributed by atoms with E-state index < -0.39 is 0 Å². The third-order valence-electron chi connectivity index (χ3n) is 3.37. The summed E-state index contributed by atoms with van der Waals surface area (Å²) >= 11 is 0. The van der Waals surface area contributed by atoms with E-state index in [2.05, 4.69) is 27.5 Å². The molecule has 0 unspecified atom stereocenters. The maximum atomic E-state index is 12.3. The molecule has 0 bridgehead atoms. The Labute approximate surface area is 134 Å². The number of rotatable bonds is 6. The van der Waals surface area contributed by atoms with E-state index in [4.69, 9.17) is 9.47 Å². The number of amides is 1. The van der Waals surface area contributed by atoms with E-state index in [1.54, 1.807) is 24.3 Å². The van der Waals surface area contributed by atoms with Crippen LogP contribution in [0.1, 0.15) is 30.3 Å². The molecule has 120 valence electrons. The maximum Gasteiger partial charge on any atom is 0.274 e. The highest BCUT2D eigenvalue weighted by molar-refractivity contribution is 6.03. The summed E-state index contributed by atoms with van der Waals surface area (Å²) < 4.78 is 10.5. The van der Waals surface area contributed by atoms with Gasteiger partial charge in [-0.05, 0) is 18.6 Å². The number of anilines is 2. The molecule has 1 amide bonds. The molecular formula is C16H18N4O3. The zero-order valence-electron chi connectivity index (χ0n) is 12.8. The fraction of sp³-hybridized carbons (Fsp3) is 0.312. The van der Waals surface area contributed by atoms with Crippen LogP contribution in [0.4, 0.5) is 11.5 Å². The molecule has 2 N–H and O–H groups in total. The van der Waals surface area contributed by atoms with Crippen LogP contribution in [0.3, 0.4) is 0 Å². The van der Waals surface area contributed by atoms with Crippen molar-refractivity contribution >= 4 is 17.4 Å². The van der Waals surface area contributed by atoms with E-state index >= 15 is 0 Å². The lowest BCUT2D eigenvalue weighted by Gasteiger charge is -2.08. The van der Waals surface area contributed by atoms with Gasteiger partial charge in [-0.3, -0.25) is 4.79 Å². The second-order valence-electron chi connectivity index (χ2n) is 5.09. The summed E-state index contributed by atoms with van der Waals surface area (Å²) in [6.45, 7) is 3.13. The Bertz CT molecular complexity index is 705. The summed E-state index contributed by atoms with van der Waals surface area (Å²) in [7, 11) is 0. The Morgan fingerprint density at radius 3 is 2.96 bits per heavy atom. The van der Waals surface area contributed by atoms with Crippen molar-refractivity contribution in [3.8, 4) is 11.5 Å². The third kappa shape index (κ3) is 3.68. The molecule has 1 aliphatic rings. The van der Waals surface area contributed by atoms with Gasteiger partial charge in [0.2, 0.25) is 6.79 Å². The average Bonchev–Trinajstić information content (AvgIpc) is 3.03. The molecule has 0 aliphatic carbocycles. The van der Waals surface area contributed by atoms with Gasteiger partial charge in [0.05, 0.1) is 0 Å². The molecule has 3 rings (SSSR count). The number of carbonyl (C=O) groups excluding carboxylic acids is 1. The predicted molar refractivity (Wildman–Crippen MR) is 85.9 cm³/mol. The van der Waals surface area contributed by atoms with Crippen molar-refractivity contribution in [2.24, 2.45) is 0 Å². The molecular weight excluding hydrogens is 296 g/mol. The van der Waals surface area contributed by atoms with Gasteiger partial charge in [-0.15, -0.1) is 0 Å². The van der Waals surface area contributed by atoms with E-state index in [-0.39, 0.29) is 12.7 Å². The van der Waals surface area contributed by atoms with Crippen molar-refractivity contribution in [2.45, 2.75) is 19.8 Å². The first-order chi connectivity index (χ1) is 11.3. The van der Waals surface area contributed by atoms with Crippen molar-refractivity contribution in [3.63, 3.8) is 0 Å². The molecule has 7 heteroatoms. The third-order valence-corrected chi connectivity index (χ3v) is 3.37.